The van der Waals surface area contributed by atoms with Crippen LogP contribution < -0.4 is 10.4 Å². The lowest BCUT2D eigenvalue weighted by molar-refractivity contribution is -0.384. The third-order valence-electron chi connectivity index (χ3n) is 2.97. The second-order valence-electron chi connectivity index (χ2n) is 4.29. The van der Waals surface area contributed by atoms with Crippen LogP contribution in [0.25, 0.3) is 0 Å². The Hall–Kier alpha value is -2.15. The molecule has 7 heteroatoms. The van der Waals surface area contributed by atoms with Crippen molar-refractivity contribution in [2.24, 2.45) is 0 Å². The average molecular weight is 265 g/mol. The second-order valence-corrected chi connectivity index (χ2v) is 4.29. The van der Waals surface area contributed by atoms with Crippen molar-refractivity contribution >= 4 is 17.3 Å². The summed E-state index contributed by atoms with van der Waals surface area (Å²) in [7, 11) is 0. The monoisotopic (exact) mass is 265 g/mol. The van der Waals surface area contributed by atoms with Crippen molar-refractivity contribution in [1.82, 2.24) is 0 Å². The number of ether oxygens (including phenoxy) is 1. The van der Waals surface area contributed by atoms with Crippen molar-refractivity contribution in [2.75, 3.05) is 18.5 Å². The molecule has 1 fully saturated rings. The molecule has 1 aromatic rings. The van der Waals surface area contributed by atoms with Crippen molar-refractivity contribution in [3.8, 4) is 0 Å². The van der Waals surface area contributed by atoms with Crippen molar-refractivity contribution in [2.45, 2.75) is 18.9 Å². The summed E-state index contributed by atoms with van der Waals surface area (Å²) in [6, 6.07) is 3.64. The van der Waals surface area contributed by atoms with E-state index < -0.39 is 10.9 Å². The first-order chi connectivity index (χ1) is 9.08. The number of aromatic carboxylic acids is 1. The predicted octanol–water partition coefficient (Wildman–Crippen LogP) is 0.549. The van der Waals surface area contributed by atoms with E-state index in [4.69, 9.17) is 4.74 Å². The Labute approximate surface area is 109 Å². The van der Waals surface area contributed by atoms with E-state index in [1.807, 2.05) is 0 Å². The van der Waals surface area contributed by atoms with Gasteiger partial charge in [0, 0.05) is 24.8 Å². The zero-order valence-electron chi connectivity index (χ0n) is 10.1. The number of nitro benzene ring substituents is 1. The van der Waals surface area contributed by atoms with Gasteiger partial charge >= 0.3 is 0 Å². The van der Waals surface area contributed by atoms with Gasteiger partial charge in [0.25, 0.3) is 5.69 Å². The predicted molar refractivity (Wildman–Crippen MR) is 64.9 cm³/mol. The van der Waals surface area contributed by atoms with Crippen molar-refractivity contribution in [3.05, 3.63) is 33.9 Å². The molecule has 1 aromatic carbocycles. The van der Waals surface area contributed by atoms with Crippen LogP contribution in [0.3, 0.4) is 0 Å². The van der Waals surface area contributed by atoms with E-state index in [1.54, 1.807) is 0 Å². The average Bonchev–Trinajstić information content (AvgIpc) is 2.89. The summed E-state index contributed by atoms with van der Waals surface area (Å²) < 4.78 is 5.40. The van der Waals surface area contributed by atoms with Crippen LogP contribution in [0.15, 0.2) is 18.2 Å². The summed E-state index contributed by atoms with van der Waals surface area (Å²) >= 11 is 0. The normalized spacial score (nSPS) is 18.2. The van der Waals surface area contributed by atoms with E-state index in [-0.39, 0.29) is 23.0 Å². The molecule has 19 heavy (non-hydrogen) atoms. The molecule has 0 radical (unpaired) electrons. The van der Waals surface area contributed by atoms with Crippen molar-refractivity contribution in [3.63, 3.8) is 0 Å². The molecule has 1 aliphatic rings. The van der Waals surface area contributed by atoms with Crippen LogP contribution in [-0.2, 0) is 4.74 Å². The number of anilines is 1. The molecule has 1 saturated heterocycles. The van der Waals surface area contributed by atoms with Crippen molar-refractivity contribution in [1.29, 1.82) is 0 Å². The number of nitrogens with one attached hydrogen (secondary N) is 1. The van der Waals surface area contributed by atoms with Gasteiger partial charge in [-0.25, -0.2) is 0 Å². The van der Waals surface area contributed by atoms with Crippen LogP contribution in [0.1, 0.15) is 23.2 Å². The maximum absolute atomic E-state index is 10.9. The summed E-state index contributed by atoms with van der Waals surface area (Å²) in [6.07, 6.45) is 1.94. The lowest BCUT2D eigenvalue weighted by Crippen LogP contribution is -2.23. The number of nitrogens with zero attached hydrogens (tertiary/aromatic N) is 1. The molecule has 0 amide bonds. The quantitative estimate of drug-likeness (QED) is 0.615. The van der Waals surface area contributed by atoms with E-state index >= 15 is 0 Å². The number of hydrogen-bond acceptors (Lipinski definition) is 6. The third kappa shape index (κ3) is 3.19. The fourth-order valence-corrected chi connectivity index (χ4v) is 1.99. The molecule has 0 aromatic heterocycles. The zero-order valence-corrected chi connectivity index (χ0v) is 10.1. The standard InChI is InChI=1S/C12H14N2O5/c15-12(16)8-3-4-10(11(6-8)14(17)18)13-7-9-2-1-5-19-9/h3-4,6,9,13H,1-2,5,7H2,(H,15,16)/p-1/t9-/m0/s1. The molecular formula is C12H13N2O5-. The van der Waals surface area contributed by atoms with Gasteiger partial charge in [0.1, 0.15) is 5.69 Å². The molecule has 1 aliphatic heterocycles. The van der Waals surface area contributed by atoms with E-state index in [9.17, 15) is 20.0 Å². The van der Waals surface area contributed by atoms with Gasteiger partial charge in [0.15, 0.2) is 0 Å². The van der Waals surface area contributed by atoms with Gasteiger partial charge in [0.2, 0.25) is 0 Å². The molecule has 2 rings (SSSR count). The lowest BCUT2D eigenvalue weighted by Gasteiger charge is -2.12. The number of hydrogen-bond donors (Lipinski definition) is 1. The highest BCUT2D eigenvalue weighted by Crippen LogP contribution is 2.26. The van der Waals surface area contributed by atoms with E-state index in [0.717, 1.165) is 18.9 Å². The van der Waals surface area contributed by atoms with Crippen LogP contribution >= 0.6 is 0 Å². The number of nitro groups is 1. The maximum atomic E-state index is 10.9. The van der Waals surface area contributed by atoms with Gasteiger partial charge in [0.05, 0.1) is 17.0 Å². The Kier molecular flexibility index (Phi) is 3.96. The maximum Gasteiger partial charge on any atom is 0.292 e. The van der Waals surface area contributed by atoms with E-state index in [2.05, 4.69) is 5.32 Å². The number of carboxylic acids is 1. The van der Waals surface area contributed by atoms with Crippen LogP contribution in [0.4, 0.5) is 11.4 Å². The van der Waals surface area contributed by atoms with Gasteiger partial charge in [-0.1, -0.05) is 6.07 Å². The SMILES string of the molecule is O=C([O-])c1ccc(NC[C@@H]2CCCO2)c([N+](=O)[O-])c1. The largest absolute Gasteiger partial charge is 0.545 e. The second kappa shape index (κ2) is 5.66. The van der Waals surface area contributed by atoms with Gasteiger partial charge in [-0.15, -0.1) is 0 Å². The van der Waals surface area contributed by atoms with Crippen LogP contribution in [-0.4, -0.2) is 30.1 Å². The van der Waals surface area contributed by atoms with Gasteiger partial charge in [-0.3, -0.25) is 10.1 Å². The minimum Gasteiger partial charge on any atom is -0.545 e. The molecule has 0 unspecified atom stereocenters. The number of benzene rings is 1. The third-order valence-corrected chi connectivity index (χ3v) is 2.97. The van der Waals surface area contributed by atoms with E-state index in [0.29, 0.717) is 13.2 Å². The Balaban J connectivity index is 2.14. The smallest absolute Gasteiger partial charge is 0.292 e. The number of carbonyl (C=O) groups is 1. The number of carboxylic acid groups (broad SMARTS) is 1. The molecule has 0 bridgehead atoms. The van der Waals surface area contributed by atoms with E-state index in [1.165, 1.54) is 12.1 Å². The lowest BCUT2D eigenvalue weighted by atomic mass is 10.1. The van der Waals surface area contributed by atoms with Crippen LogP contribution in [0.5, 0.6) is 0 Å². The topological polar surface area (TPSA) is 105 Å². The highest BCUT2D eigenvalue weighted by molar-refractivity contribution is 5.88. The fraction of sp³-hybridized carbons (Fsp3) is 0.417. The molecule has 0 spiro atoms. The minimum absolute atomic E-state index is 0.0421. The summed E-state index contributed by atoms with van der Waals surface area (Å²) in [5.41, 5.74) is -0.209. The Bertz CT molecular complexity index is 497. The number of carbonyl (C=O) groups excluding carboxylic acids is 1. The summed E-state index contributed by atoms with van der Waals surface area (Å²) in [5, 5.41) is 24.5. The van der Waals surface area contributed by atoms with Gasteiger partial charge < -0.3 is 20.0 Å². The molecule has 0 aliphatic carbocycles. The van der Waals surface area contributed by atoms with Crippen LogP contribution in [0.2, 0.25) is 0 Å². The Morgan fingerprint density at radius 1 is 1.53 bits per heavy atom. The summed E-state index contributed by atoms with van der Waals surface area (Å²) in [4.78, 5) is 21.0. The van der Waals surface area contributed by atoms with Gasteiger partial charge in [-0.05, 0) is 18.9 Å². The summed E-state index contributed by atoms with van der Waals surface area (Å²) in [5.74, 6) is -1.44. The first-order valence-corrected chi connectivity index (χ1v) is 5.93. The molecular weight excluding hydrogens is 252 g/mol. The first kappa shape index (κ1) is 13.3. The molecule has 1 heterocycles. The Morgan fingerprint density at radius 3 is 2.89 bits per heavy atom. The number of rotatable bonds is 5. The Morgan fingerprint density at radius 2 is 2.32 bits per heavy atom. The highest BCUT2D eigenvalue weighted by atomic mass is 16.6. The van der Waals surface area contributed by atoms with Crippen LogP contribution in [0, 0.1) is 10.1 Å². The molecule has 0 saturated carbocycles. The molecule has 102 valence electrons. The van der Waals surface area contributed by atoms with Crippen molar-refractivity contribution < 1.29 is 19.6 Å². The minimum atomic E-state index is -1.44. The zero-order chi connectivity index (χ0) is 13.8. The fourth-order valence-electron chi connectivity index (χ4n) is 1.99. The molecule has 1 atom stereocenters. The summed E-state index contributed by atoms with van der Waals surface area (Å²) in [6.45, 7) is 1.17. The first-order valence-electron chi connectivity index (χ1n) is 5.93. The molecule has 7 nitrogen and oxygen atoms in total. The van der Waals surface area contributed by atoms with Gasteiger partial charge in [-0.2, -0.15) is 0 Å². The highest BCUT2D eigenvalue weighted by Gasteiger charge is 2.19. The molecule has 1 N–H and O–H groups in total.